The number of imidazole rings is 1. The molecule has 0 aliphatic carbocycles. The lowest BCUT2D eigenvalue weighted by Crippen LogP contribution is -2.36. The van der Waals surface area contributed by atoms with Crippen molar-refractivity contribution in [1.82, 2.24) is 14.9 Å². The van der Waals surface area contributed by atoms with Crippen molar-refractivity contribution >= 4 is 11.0 Å². The smallest absolute Gasteiger partial charge is 0.134 e. The van der Waals surface area contributed by atoms with Gasteiger partial charge in [-0.15, -0.1) is 0 Å². The van der Waals surface area contributed by atoms with Crippen molar-refractivity contribution in [3.8, 4) is 0 Å². The van der Waals surface area contributed by atoms with Gasteiger partial charge in [-0.3, -0.25) is 0 Å². The number of nitrogens with zero attached hydrogens (tertiary/aromatic N) is 2. The molecule has 1 aliphatic rings. The minimum atomic E-state index is 0.115. The van der Waals surface area contributed by atoms with Gasteiger partial charge in [-0.2, -0.15) is 0 Å². The lowest BCUT2D eigenvalue weighted by molar-refractivity contribution is -0.00428. The summed E-state index contributed by atoms with van der Waals surface area (Å²) in [5, 5.41) is 4.76. The maximum atomic E-state index is 5.91. The van der Waals surface area contributed by atoms with Crippen LogP contribution in [0.5, 0.6) is 0 Å². The maximum Gasteiger partial charge on any atom is 0.134 e. The molecule has 0 spiro atoms. The summed E-state index contributed by atoms with van der Waals surface area (Å²) in [5.41, 5.74) is 2.09. The van der Waals surface area contributed by atoms with Crippen LogP contribution in [0.25, 0.3) is 11.0 Å². The summed E-state index contributed by atoms with van der Waals surface area (Å²) in [6.07, 6.45) is 5.81. The van der Waals surface area contributed by atoms with E-state index >= 15 is 0 Å². The second-order valence-corrected chi connectivity index (χ2v) is 6.14. The third-order valence-electron chi connectivity index (χ3n) is 4.51. The quantitative estimate of drug-likeness (QED) is 0.804. The number of nitrogens with one attached hydrogen (secondary N) is 1. The Morgan fingerprint density at radius 2 is 2.26 bits per heavy atom. The molecule has 1 fully saturated rings. The number of ether oxygens (including phenoxy) is 1. The number of hydrogen-bond acceptors (Lipinski definition) is 4. The predicted molar refractivity (Wildman–Crippen MR) is 88.0 cm³/mol. The third kappa shape index (κ3) is 3.02. The lowest BCUT2D eigenvalue weighted by atomic mass is 10.0. The predicted octanol–water partition coefficient (Wildman–Crippen LogP) is 3.18. The van der Waals surface area contributed by atoms with Gasteiger partial charge >= 0.3 is 0 Å². The van der Waals surface area contributed by atoms with Crippen LogP contribution in [0, 0.1) is 0 Å². The molecule has 5 nitrogen and oxygen atoms in total. The van der Waals surface area contributed by atoms with E-state index in [1.807, 2.05) is 42.3 Å². The van der Waals surface area contributed by atoms with Crippen LogP contribution in [-0.4, -0.2) is 22.2 Å². The van der Waals surface area contributed by atoms with Gasteiger partial charge < -0.3 is 19.0 Å². The summed E-state index contributed by atoms with van der Waals surface area (Å²) in [6, 6.07) is 10.7. The Morgan fingerprint density at radius 3 is 3.09 bits per heavy atom. The Balaban J connectivity index is 1.39. The first-order valence-corrected chi connectivity index (χ1v) is 8.08. The lowest BCUT2D eigenvalue weighted by Gasteiger charge is -2.30. The Labute approximate surface area is 135 Å². The van der Waals surface area contributed by atoms with E-state index in [-0.39, 0.29) is 6.10 Å². The van der Waals surface area contributed by atoms with E-state index in [4.69, 9.17) is 9.15 Å². The van der Waals surface area contributed by atoms with E-state index in [2.05, 4.69) is 22.4 Å². The molecular weight excluding hydrogens is 290 g/mol. The van der Waals surface area contributed by atoms with Crippen LogP contribution in [0.1, 0.15) is 30.4 Å². The topological polar surface area (TPSA) is 52.2 Å². The summed E-state index contributed by atoms with van der Waals surface area (Å²) in [5.74, 6) is 0.981. The maximum absolute atomic E-state index is 5.91. The highest BCUT2D eigenvalue weighted by Gasteiger charge is 2.25. The largest absolute Gasteiger partial charge is 0.460 e. The fourth-order valence-corrected chi connectivity index (χ4v) is 3.23. The fourth-order valence-electron chi connectivity index (χ4n) is 3.23. The average molecular weight is 311 g/mol. The fraction of sp³-hybridized carbons (Fsp3) is 0.389. The van der Waals surface area contributed by atoms with Crippen molar-refractivity contribution in [3.63, 3.8) is 0 Å². The molecule has 23 heavy (non-hydrogen) atoms. The molecule has 120 valence electrons. The Bertz CT molecular complexity index is 759. The van der Waals surface area contributed by atoms with E-state index in [1.54, 1.807) is 0 Å². The van der Waals surface area contributed by atoms with E-state index in [9.17, 15) is 0 Å². The average Bonchev–Trinajstić information content (AvgIpc) is 3.18. The number of para-hydroxylation sites is 1. The van der Waals surface area contributed by atoms with Gasteiger partial charge in [-0.1, -0.05) is 18.2 Å². The first-order valence-electron chi connectivity index (χ1n) is 8.08. The Morgan fingerprint density at radius 1 is 1.35 bits per heavy atom. The molecule has 5 heteroatoms. The van der Waals surface area contributed by atoms with Crippen LogP contribution in [0.3, 0.4) is 0 Å². The van der Waals surface area contributed by atoms with E-state index < -0.39 is 0 Å². The van der Waals surface area contributed by atoms with Gasteiger partial charge in [0.1, 0.15) is 17.4 Å². The minimum Gasteiger partial charge on any atom is -0.460 e. The molecule has 0 unspecified atom stereocenters. The zero-order valence-electron chi connectivity index (χ0n) is 13.2. The molecule has 2 atom stereocenters. The number of rotatable bonds is 4. The van der Waals surface area contributed by atoms with Crippen molar-refractivity contribution in [3.05, 3.63) is 54.3 Å². The Kier molecular flexibility index (Phi) is 3.89. The van der Waals surface area contributed by atoms with E-state index in [0.29, 0.717) is 6.04 Å². The van der Waals surface area contributed by atoms with E-state index in [0.717, 1.165) is 48.4 Å². The van der Waals surface area contributed by atoms with Crippen molar-refractivity contribution in [1.29, 1.82) is 0 Å². The molecule has 1 saturated heterocycles. The second kappa shape index (κ2) is 6.18. The van der Waals surface area contributed by atoms with Crippen LogP contribution in [0.4, 0.5) is 0 Å². The monoisotopic (exact) mass is 311 g/mol. The summed E-state index contributed by atoms with van der Waals surface area (Å²) in [7, 11) is 2.01. The van der Waals surface area contributed by atoms with Crippen molar-refractivity contribution in [2.75, 3.05) is 6.61 Å². The van der Waals surface area contributed by atoms with E-state index in [1.165, 1.54) is 0 Å². The summed E-state index contributed by atoms with van der Waals surface area (Å²) in [4.78, 5) is 4.19. The number of furan rings is 1. The van der Waals surface area contributed by atoms with Crippen LogP contribution < -0.4 is 5.32 Å². The van der Waals surface area contributed by atoms with Gasteiger partial charge in [-0.05, 0) is 25.0 Å². The first-order chi connectivity index (χ1) is 11.3. The molecule has 3 heterocycles. The second-order valence-electron chi connectivity index (χ2n) is 6.14. The van der Waals surface area contributed by atoms with Crippen LogP contribution in [0.2, 0.25) is 0 Å². The van der Waals surface area contributed by atoms with Gasteiger partial charge in [0, 0.05) is 25.1 Å². The van der Waals surface area contributed by atoms with Gasteiger partial charge in [0.15, 0.2) is 0 Å². The van der Waals surface area contributed by atoms with Gasteiger partial charge in [0.2, 0.25) is 0 Å². The highest BCUT2D eigenvalue weighted by molar-refractivity contribution is 5.77. The van der Waals surface area contributed by atoms with Crippen LogP contribution in [-0.2, 0) is 18.3 Å². The van der Waals surface area contributed by atoms with Crippen molar-refractivity contribution < 1.29 is 9.15 Å². The number of benzene rings is 1. The Hall–Kier alpha value is -2.11. The molecule has 0 bridgehead atoms. The number of aryl methyl sites for hydroxylation is 1. The van der Waals surface area contributed by atoms with Gasteiger partial charge in [0.05, 0.1) is 24.8 Å². The number of aromatic nitrogens is 2. The molecule has 3 aromatic rings. The van der Waals surface area contributed by atoms with Gasteiger partial charge in [0.25, 0.3) is 0 Å². The molecule has 0 radical (unpaired) electrons. The highest BCUT2D eigenvalue weighted by atomic mass is 16.5. The molecule has 1 N–H and O–H groups in total. The molecular formula is C18H21N3O2. The minimum absolute atomic E-state index is 0.115. The van der Waals surface area contributed by atoms with Gasteiger partial charge in [-0.25, -0.2) is 4.98 Å². The number of fused-ring (bicyclic) bond motifs is 1. The van der Waals surface area contributed by atoms with Crippen molar-refractivity contribution in [2.24, 2.45) is 7.05 Å². The molecule has 1 aromatic carbocycles. The summed E-state index contributed by atoms with van der Waals surface area (Å²) in [6.45, 7) is 1.52. The highest BCUT2D eigenvalue weighted by Crippen LogP contribution is 2.28. The zero-order valence-corrected chi connectivity index (χ0v) is 13.2. The summed E-state index contributed by atoms with van der Waals surface area (Å²) >= 11 is 0. The number of hydrogen-bond donors (Lipinski definition) is 1. The molecule has 2 aromatic heterocycles. The third-order valence-corrected chi connectivity index (χ3v) is 4.51. The SMILES string of the molecule is Cn1cncc1[C@H]1C[C@H](NCc2cc3ccccc3o2)CCO1. The zero-order chi connectivity index (χ0) is 15.6. The molecule has 0 saturated carbocycles. The first kappa shape index (κ1) is 14.5. The molecule has 0 amide bonds. The standard InChI is InChI=1S/C18H21N3O2/c1-21-12-19-11-16(21)18-9-14(6-7-22-18)20-10-15-8-13-4-2-3-5-17(13)23-15/h2-5,8,11-12,14,18,20H,6-7,9-10H2,1H3/t14-,18-/m1/s1. The van der Waals surface area contributed by atoms with Crippen molar-refractivity contribution in [2.45, 2.75) is 31.5 Å². The van der Waals surface area contributed by atoms with Crippen LogP contribution >= 0.6 is 0 Å². The molecule has 4 rings (SSSR count). The summed E-state index contributed by atoms with van der Waals surface area (Å²) < 4.78 is 13.8. The molecule has 1 aliphatic heterocycles. The normalized spacial score (nSPS) is 21.8. The van der Waals surface area contributed by atoms with Crippen LogP contribution in [0.15, 0.2) is 47.3 Å².